The number of hydrogen-bond acceptors (Lipinski definition) is 3. The molecule has 3 nitrogen and oxygen atoms in total. The van der Waals surface area contributed by atoms with Crippen molar-refractivity contribution in [3.05, 3.63) is 40.5 Å². The Morgan fingerprint density at radius 1 is 1.50 bits per heavy atom. The van der Waals surface area contributed by atoms with Gasteiger partial charge in [-0.3, -0.25) is 0 Å². The van der Waals surface area contributed by atoms with Crippen LogP contribution in [0.25, 0.3) is 6.08 Å². The molecule has 0 aliphatic heterocycles. The van der Waals surface area contributed by atoms with Crippen LogP contribution in [0.1, 0.15) is 5.56 Å². The molecular weight excluding hydrogens is 202 g/mol. The van der Waals surface area contributed by atoms with Gasteiger partial charge in [0.15, 0.2) is 0 Å². The minimum atomic E-state index is -0.565. The summed E-state index contributed by atoms with van der Waals surface area (Å²) in [5.41, 5.74) is 6.18. The number of nitrogens with two attached hydrogens (primary N) is 1. The van der Waals surface area contributed by atoms with Gasteiger partial charge in [-0.2, -0.15) is 0 Å². The summed E-state index contributed by atoms with van der Waals surface area (Å²) in [5.74, 6) is -0.565. The molecule has 0 heterocycles. The minimum absolute atomic E-state index is 0.0283. The van der Waals surface area contributed by atoms with Crippen LogP contribution in [0.2, 0.25) is 5.02 Å². The first-order valence-electron chi connectivity index (χ1n) is 3.95. The second-order valence-electron chi connectivity index (χ2n) is 2.61. The van der Waals surface area contributed by atoms with Gasteiger partial charge in [-0.05, 0) is 17.7 Å². The zero-order valence-corrected chi connectivity index (χ0v) is 8.41. The predicted molar refractivity (Wildman–Crippen MR) is 55.6 cm³/mol. The monoisotopic (exact) mass is 211 g/mol. The van der Waals surface area contributed by atoms with E-state index in [2.05, 4.69) is 4.74 Å². The van der Waals surface area contributed by atoms with Crippen LogP contribution < -0.4 is 5.73 Å². The van der Waals surface area contributed by atoms with Crippen molar-refractivity contribution in [1.82, 2.24) is 0 Å². The second kappa shape index (κ2) is 4.67. The molecule has 4 heteroatoms. The van der Waals surface area contributed by atoms with Crippen LogP contribution in [0.3, 0.4) is 0 Å². The summed E-state index contributed by atoms with van der Waals surface area (Å²) >= 11 is 5.86. The third-order valence-corrected chi connectivity index (χ3v) is 1.98. The smallest absolute Gasteiger partial charge is 0.353 e. The Morgan fingerprint density at radius 2 is 2.14 bits per heavy atom. The molecule has 0 atom stereocenters. The lowest BCUT2D eigenvalue weighted by Crippen LogP contribution is -2.12. The van der Waals surface area contributed by atoms with Crippen LogP contribution in [-0.4, -0.2) is 13.1 Å². The molecule has 0 fully saturated rings. The second-order valence-corrected chi connectivity index (χ2v) is 3.02. The molecular formula is C10H10ClNO2. The molecule has 1 aromatic rings. The summed E-state index contributed by atoms with van der Waals surface area (Å²) in [6.45, 7) is 0. The van der Waals surface area contributed by atoms with Crippen molar-refractivity contribution >= 4 is 23.6 Å². The van der Waals surface area contributed by atoms with Crippen molar-refractivity contribution in [3.8, 4) is 0 Å². The molecule has 74 valence electrons. The number of carbonyl (C=O) groups excluding carboxylic acids is 1. The van der Waals surface area contributed by atoms with Gasteiger partial charge in [0.25, 0.3) is 0 Å². The molecule has 0 aromatic heterocycles. The van der Waals surface area contributed by atoms with Crippen molar-refractivity contribution in [2.24, 2.45) is 5.73 Å². The first kappa shape index (κ1) is 10.6. The molecule has 2 N–H and O–H groups in total. The van der Waals surface area contributed by atoms with E-state index in [0.29, 0.717) is 10.6 Å². The fourth-order valence-electron chi connectivity index (χ4n) is 0.936. The summed E-state index contributed by atoms with van der Waals surface area (Å²) in [6, 6.07) is 7.09. The van der Waals surface area contributed by atoms with Crippen LogP contribution in [0.4, 0.5) is 0 Å². The Morgan fingerprint density at radius 3 is 2.71 bits per heavy atom. The Balaban J connectivity index is 2.97. The number of benzene rings is 1. The van der Waals surface area contributed by atoms with Gasteiger partial charge >= 0.3 is 5.97 Å². The molecule has 0 aliphatic rings. The maximum atomic E-state index is 11.0. The van der Waals surface area contributed by atoms with Gasteiger partial charge in [0.1, 0.15) is 5.70 Å². The Hall–Kier alpha value is -1.48. The number of carbonyl (C=O) groups is 1. The number of rotatable bonds is 2. The highest BCUT2D eigenvalue weighted by Crippen LogP contribution is 2.17. The summed E-state index contributed by atoms with van der Waals surface area (Å²) < 4.78 is 4.45. The molecule has 0 amide bonds. The van der Waals surface area contributed by atoms with Gasteiger partial charge < -0.3 is 10.5 Å². The molecule has 1 rings (SSSR count). The van der Waals surface area contributed by atoms with Crippen LogP contribution in [0, 0.1) is 0 Å². The van der Waals surface area contributed by atoms with Gasteiger partial charge in [-0.1, -0.05) is 29.8 Å². The largest absolute Gasteiger partial charge is 0.464 e. The average molecular weight is 212 g/mol. The van der Waals surface area contributed by atoms with Crippen LogP contribution in [0.15, 0.2) is 30.0 Å². The van der Waals surface area contributed by atoms with E-state index >= 15 is 0 Å². The normalized spacial score (nSPS) is 11.1. The van der Waals surface area contributed by atoms with E-state index in [1.807, 2.05) is 6.07 Å². The molecule has 0 saturated carbocycles. The topological polar surface area (TPSA) is 52.3 Å². The predicted octanol–water partition coefficient (Wildman–Crippen LogP) is 1.81. The van der Waals surface area contributed by atoms with Gasteiger partial charge in [-0.25, -0.2) is 4.79 Å². The highest BCUT2D eigenvalue weighted by molar-refractivity contribution is 6.32. The first-order valence-corrected chi connectivity index (χ1v) is 4.33. The fourth-order valence-corrected chi connectivity index (χ4v) is 1.13. The van der Waals surface area contributed by atoms with Crippen molar-refractivity contribution in [1.29, 1.82) is 0 Å². The maximum Gasteiger partial charge on any atom is 0.353 e. The van der Waals surface area contributed by atoms with E-state index in [-0.39, 0.29) is 5.70 Å². The summed E-state index contributed by atoms with van der Waals surface area (Å²) in [4.78, 5) is 11.0. The van der Waals surface area contributed by atoms with Gasteiger partial charge in [-0.15, -0.1) is 0 Å². The minimum Gasteiger partial charge on any atom is -0.464 e. The van der Waals surface area contributed by atoms with Gasteiger partial charge in [0, 0.05) is 5.02 Å². The van der Waals surface area contributed by atoms with Crippen LogP contribution in [0.5, 0.6) is 0 Å². The summed E-state index contributed by atoms with van der Waals surface area (Å²) in [7, 11) is 1.27. The highest BCUT2D eigenvalue weighted by atomic mass is 35.5. The average Bonchev–Trinajstić information content (AvgIpc) is 2.20. The molecule has 0 bridgehead atoms. The number of hydrogen-bond donors (Lipinski definition) is 1. The third kappa shape index (κ3) is 2.50. The molecule has 0 saturated heterocycles. The van der Waals surface area contributed by atoms with Gasteiger partial charge in [0.2, 0.25) is 0 Å². The molecule has 0 radical (unpaired) electrons. The van der Waals surface area contributed by atoms with Crippen molar-refractivity contribution in [3.63, 3.8) is 0 Å². The van der Waals surface area contributed by atoms with E-state index in [4.69, 9.17) is 17.3 Å². The summed E-state index contributed by atoms with van der Waals surface area (Å²) in [6.07, 6.45) is 1.48. The Bertz CT molecular complexity index is 374. The molecule has 0 aliphatic carbocycles. The van der Waals surface area contributed by atoms with E-state index in [1.54, 1.807) is 18.2 Å². The number of halogens is 1. The standard InChI is InChI=1S/C10H10ClNO2/c1-14-10(13)9(12)6-7-4-2-3-5-8(7)11/h2-6H,12H2,1H3/b9-6-. The van der Waals surface area contributed by atoms with Crippen LogP contribution in [-0.2, 0) is 9.53 Å². The zero-order valence-electron chi connectivity index (χ0n) is 7.66. The molecule has 0 spiro atoms. The molecule has 0 unspecified atom stereocenters. The van der Waals surface area contributed by atoms with E-state index in [1.165, 1.54) is 13.2 Å². The maximum absolute atomic E-state index is 11.0. The number of methoxy groups -OCH3 is 1. The number of esters is 1. The van der Waals surface area contributed by atoms with Crippen molar-refractivity contribution < 1.29 is 9.53 Å². The molecule has 14 heavy (non-hydrogen) atoms. The lowest BCUT2D eigenvalue weighted by molar-refractivity contribution is -0.136. The highest BCUT2D eigenvalue weighted by Gasteiger charge is 2.04. The van der Waals surface area contributed by atoms with Crippen LogP contribution >= 0.6 is 11.6 Å². The fraction of sp³-hybridized carbons (Fsp3) is 0.100. The first-order chi connectivity index (χ1) is 6.65. The zero-order chi connectivity index (χ0) is 10.6. The quantitative estimate of drug-likeness (QED) is 0.600. The van der Waals surface area contributed by atoms with Crippen molar-refractivity contribution in [2.75, 3.05) is 7.11 Å². The lowest BCUT2D eigenvalue weighted by Gasteiger charge is -2.00. The third-order valence-electron chi connectivity index (χ3n) is 1.64. The number of ether oxygens (including phenoxy) is 1. The summed E-state index contributed by atoms with van der Waals surface area (Å²) in [5, 5.41) is 0.541. The SMILES string of the molecule is COC(=O)/C(N)=C/c1ccccc1Cl. The molecule has 1 aromatic carbocycles. The van der Waals surface area contributed by atoms with E-state index in [9.17, 15) is 4.79 Å². The van der Waals surface area contributed by atoms with E-state index < -0.39 is 5.97 Å². The Labute approximate surface area is 87.1 Å². The lowest BCUT2D eigenvalue weighted by atomic mass is 10.2. The van der Waals surface area contributed by atoms with E-state index in [0.717, 1.165) is 0 Å². The Kier molecular flexibility index (Phi) is 3.54. The van der Waals surface area contributed by atoms with Gasteiger partial charge in [0.05, 0.1) is 7.11 Å². The van der Waals surface area contributed by atoms with Crippen molar-refractivity contribution in [2.45, 2.75) is 0 Å².